The Morgan fingerprint density at radius 2 is 1.94 bits per heavy atom. The molecule has 92 valence electrons. The number of amides is 1. The van der Waals surface area contributed by atoms with Crippen molar-refractivity contribution >= 4 is 11.9 Å². The van der Waals surface area contributed by atoms with E-state index in [1.807, 2.05) is 0 Å². The first kappa shape index (κ1) is 13.0. The maximum absolute atomic E-state index is 11.7. The van der Waals surface area contributed by atoms with E-state index in [-0.39, 0.29) is 17.7 Å². The molecule has 0 saturated carbocycles. The van der Waals surface area contributed by atoms with E-state index in [1.54, 1.807) is 11.8 Å². The minimum Gasteiger partial charge on any atom is -0.481 e. The average Bonchev–Trinajstić information content (AvgIpc) is 2.14. The molecular formula is C12H21NO3. The highest BCUT2D eigenvalue weighted by atomic mass is 16.4. The van der Waals surface area contributed by atoms with Gasteiger partial charge in [-0.1, -0.05) is 27.2 Å². The predicted molar refractivity (Wildman–Crippen MR) is 60.9 cm³/mol. The van der Waals surface area contributed by atoms with Gasteiger partial charge in [-0.25, -0.2) is 0 Å². The zero-order valence-corrected chi connectivity index (χ0v) is 10.3. The Morgan fingerprint density at radius 3 is 2.38 bits per heavy atom. The van der Waals surface area contributed by atoms with Gasteiger partial charge in [0.15, 0.2) is 0 Å². The fourth-order valence-corrected chi connectivity index (χ4v) is 1.81. The Bertz CT molecular complexity index is 271. The van der Waals surface area contributed by atoms with Gasteiger partial charge in [-0.3, -0.25) is 9.59 Å². The second-order valence-corrected chi connectivity index (χ2v) is 4.90. The van der Waals surface area contributed by atoms with Crippen molar-refractivity contribution in [2.24, 2.45) is 17.8 Å². The lowest BCUT2D eigenvalue weighted by atomic mass is 9.86. The van der Waals surface area contributed by atoms with Crippen LogP contribution in [0.2, 0.25) is 0 Å². The molecule has 1 amide bonds. The summed E-state index contributed by atoms with van der Waals surface area (Å²) < 4.78 is 0. The molecule has 0 spiro atoms. The number of likely N-dealkylation sites (tertiary alicyclic amines) is 1. The van der Waals surface area contributed by atoms with Crippen molar-refractivity contribution < 1.29 is 14.7 Å². The highest BCUT2D eigenvalue weighted by molar-refractivity contribution is 5.78. The summed E-state index contributed by atoms with van der Waals surface area (Å²) in [6, 6.07) is 0. The maximum Gasteiger partial charge on any atom is 0.306 e. The quantitative estimate of drug-likeness (QED) is 0.776. The van der Waals surface area contributed by atoms with Crippen LogP contribution in [0.3, 0.4) is 0 Å². The number of carboxylic acid groups (broad SMARTS) is 1. The van der Waals surface area contributed by atoms with E-state index in [1.165, 1.54) is 0 Å². The van der Waals surface area contributed by atoms with Gasteiger partial charge < -0.3 is 10.0 Å². The molecule has 1 aliphatic heterocycles. The maximum atomic E-state index is 11.7. The largest absolute Gasteiger partial charge is 0.481 e. The first-order valence-electron chi connectivity index (χ1n) is 5.96. The third-order valence-corrected chi connectivity index (χ3v) is 3.58. The molecule has 1 fully saturated rings. The number of rotatable bonds is 5. The summed E-state index contributed by atoms with van der Waals surface area (Å²) >= 11 is 0. The van der Waals surface area contributed by atoms with E-state index in [0.29, 0.717) is 25.4 Å². The number of aliphatic carboxylic acids is 1. The van der Waals surface area contributed by atoms with Crippen LogP contribution in [-0.4, -0.2) is 35.0 Å². The Hall–Kier alpha value is -1.06. The van der Waals surface area contributed by atoms with Gasteiger partial charge in [0.1, 0.15) is 0 Å². The van der Waals surface area contributed by atoms with Crippen LogP contribution >= 0.6 is 0 Å². The summed E-state index contributed by atoms with van der Waals surface area (Å²) in [6.45, 7) is 7.08. The molecule has 2 unspecified atom stereocenters. The van der Waals surface area contributed by atoms with Gasteiger partial charge in [-0.05, 0) is 5.92 Å². The van der Waals surface area contributed by atoms with Crippen molar-refractivity contribution in [3.8, 4) is 0 Å². The molecule has 4 nitrogen and oxygen atoms in total. The fourth-order valence-electron chi connectivity index (χ4n) is 1.81. The Kier molecular flexibility index (Phi) is 4.33. The SMILES string of the molecule is CCC(C)CC(=O)N1CC(C(C)C(=O)O)C1. The first-order valence-corrected chi connectivity index (χ1v) is 5.96. The summed E-state index contributed by atoms with van der Waals surface area (Å²) in [5, 5.41) is 8.82. The zero-order valence-electron chi connectivity index (χ0n) is 10.3. The molecule has 4 heteroatoms. The molecule has 1 N–H and O–H groups in total. The number of carbonyl (C=O) groups is 2. The van der Waals surface area contributed by atoms with Gasteiger partial charge in [0.05, 0.1) is 5.92 Å². The van der Waals surface area contributed by atoms with Crippen LogP contribution < -0.4 is 0 Å². The lowest BCUT2D eigenvalue weighted by Crippen LogP contribution is -2.53. The van der Waals surface area contributed by atoms with Crippen LogP contribution in [0.5, 0.6) is 0 Å². The third kappa shape index (κ3) is 2.97. The van der Waals surface area contributed by atoms with E-state index >= 15 is 0 Å². The molecule has 1 heterocycles. The Labute approximate surface area is 96.6 Å². The Balaban J connectivity index is 2.30. The number of hydrogen-bond donors (Lipinski definition) is 1. The van der Waals surface area contributed by atoms with Crippen molar-refractivity contribution in [2.45, 2.75) is 33.6 Å². The third-order valence-electron chi connectivity index (χ3n) is 3.58. The van der Waals surface area contributed by atoms with Crippen molar-refractivity contribution in [2.75, 3.05) is 13.1 Å². The summed E-state index contributed by atoms with van der Waals surface area (Å²) in [5.74, 6) is -0.378. The lowest BCUT2D eigenvalue weighted by molar-refractivity contribution is -0.150. The second-order valence-electron chi connectivity index (χ2n) is 4.90. The highest BCUT2D eigenvalue weighted by Gasteiger charge is 2.36. The highest BCUT2D eigenvalue weighted by Crippen LogP contribution is 2.25. The summed E-state index contributed by atoms with van der Waals surface area (Å²) in [7, 11) is 0. The van der Waals surface area contributed by atoms with Gasteiger partial charge in [0.25, 0.3) is 0 Å². The molecule has 0 aliphatic carbocycles. The van der Waals surface area contributed by atoms with E-state index in [9.17, 15) is 9.59 Å². The average molecular weight is 227 g/mol. The predicted octanol–water partition coefficient (Wildman–Crippen LogP) is 1.60. The summed E-state index contributed by atoms with van der Waals surface area (Å²) in [6.07, 6.45) is 1.60. The number of nitrogens with zero attached hydrogens (tertiary/aromatic N) is 1. The molecule has 16 heavy (non-hydrogen) atoms. The monoisotopic (exact) mass is 227 g/mol. The van der Waals surface area contributed by atoms with Crippen LogP contribution in [-0.2, 0) is 9.59 Å². The van der Waals surface area contributed by atoms with Gasteiger partial charge in [-0.2, -0.15) is 0 Å². The van der Waals surface area contributed by atoms with Crippen molar-refractivity contribution in [1.82, 2.24) is 4.90 Å². The van der Waals surface area contributed by atoms with Crippen molar-refractivity contribution in [3.05, 3.63) is 0 Å². The number of hydrogen-bond acceptors (Lipinski definition) is 2. The number of carboxylic acids is 1. The molecule has 1 rings (SSSR count). The Morgan fingerprint density at radius 1 is 1.38 bits per heavy atom. The van der Waals surface area contributed by atoms with E-state index in [0.717, 1.165) is 6.42 Å². The first-order chi connectivity index (χ1) is 7.45. The standard InChI is InChI=1S/C12H21NO3/c1-4-8(2)5-11(14)13-6-10(7-13)9(3)12(15)16/h8-10H,4-7H2,1-3H3,(H,15,16). The molecule has 1 saturated heterocycles. The number of carbonyl (C=O) groups excluding carboxylic acids is 1. The molecule has 2 atom stereocenters. The van der Waals surface area contributed by atoms with Gasteiger partial charge in [0, 0.05) is 25.4 Å². The van der Waals surface area contributed by atoms with Gasteiger partial charge >= 0.3 is 5.97 Å². The van der Waals surface area contributed by atoms with Gasteiger partial charge in [-0.15, -0.1) is 0 Å². The van der Waals surface area contributed by atoms with Crippen LogP contribution in [0, 0.1) is 17.8 Å². The van der Waals surface area contributed by atoms with Crippen LogP contribution in [0.15, 0.2) is 0 Å². The topological polar surface area (TPSA) is 57.6 Å². The summed E-state index contributed by atoms with van der Waals surface area (Å²) in [5.41, 5.74) is 0. The normalized spacial score (nSPS) is 20.1. The lowest BCUT2D eigenvalue weighted by Gasteiger charge is -2.41. The molecule has 0 aromatic rings. The molecule has 0 aromatic carbocycles. The minimum atomic E-state index is -0.765. The molecular weight excluding hydrogens is 206 g/mol. The smallest absolute Gasteiger partial charge is 0.306 e. The van der Waals surface area contributed by atoms with E-state index in [4.69, 9.17) is 5.11 Å². The zero-order chi connectivity index (χ0) is 12.3. The molecule has 1 aliphatic rings. The molecule has 0 radical (unpaired) electrons. The second kappa shape index (κ2) is 5.32. The molecule has 0 bridgehead atoms. The van der Waals surface area contributed by atoms with E-state index < -0.39 is 5.97 Å². The molecule has 0 aromatic heterocycles. The van der Waals surface area contributed by atoms with Crippen LogP contribution in [0.25, 0.3) is 0 Å². The minimum absolute atomic E-state index is 0.137. The van der Waals surface area contributed by atoms with Crippen molar-refractivity contribution in [1.29, 1.82) is 0 Å². The van der Waals surface area contributed by atoms with Gasteiger partial charge in [0.2, 0.25) is 5.91 Å². The fraction of sp³-hybridized carbons (Fsp3) is 0.833. The van der Waals surface area contributed by atoms with Crippen molar-refractivity contribution in [3.63, 3.8) is 0 Å². The summed E-state index contributed by atoms with van der Waals surface area (Å²) in [4.78, 5) is 24.2. The van der Waals surface area contributed by atoms with Crippen LogP contribution in [0.1, 0.15) is 33.6 Å². The van der Waals surface area contributed by atoms with E-state index in [2.05, 4.69) is 13.8 Å². The van der Waals surface area contributed by atoms with Crippen LogP contribution in [0.4, 0.5) is 0 Å².